The normalized spacial score (nSPS) is 15.7. The molecule has 0 radical (unpaired) electrons. The number of nitrogens with two attached hydrogens (primary N) is 1. The molecule has 0 spiro atoms. The van der Waals surface area contributed by atoms with Crippen LogP contribution >= 0.6 is 0 Å². The van der Waals surface area contributed by atoms with Gasteiger partial charge < -0.3 is 25.3 Å². The molecule has 1 saturated heterocycles. The minimum absolute atomic E-state index is 0.334. The number of benzene rings is 1. The van der Waals surface area contributed by atoms with Crippen molar-refractivity contribution in [3.8, 4) is 17.1 Å². The number of hydrogen-bond acceptors (Lipinski definition) is 6. The van der Waals surface area contributed by atoms with Gasteiger partial charge in [-0.3, -0.25) is 0 Å². The maximum Gasteiger partial charge on any atom is 0.410 e. The number of primary amides is 1. The number of carbonyl (C=O) groups excluding carboxylic acids is 1. The number of ether oxygens (including phenoxy) is 1. The summed E-state index contributed by atoms with van der Waals surface area (Å²) >= 11 is 0. The summed E-state index contributed by atoms with van der Waals surface area (Å²) in [6.07, 6.45) is 2.09. The predicted octanol–water partition coefficient (Wildman–Crippen LogP) is 2.22. The van der Waals surface area contributed by atoms with Crippen molar-refractivity contribution in [3.63, 3.8) is 0 Å². The summed E-state index contributed by atoms with van der Waals surface area (Å²) in [6, 6.07) is 9.34. The minimum Gasteiger partial charge on any atom is -0.408 e. The zero-order valence-electron chi connectivity index (χ0n) is 15.2. The third-order valence-corrected chi connectivity index (χ3v) is 4.75. The third kappa shape index (κ3) is 3.70. The lowest BCUT2D eigenvalue weighted by Gasteiger charge is -2.21. The lowest BCUT2D eigenvalue weighted by atomic mass is 10.2. The van der Waals surface area contributed by atoms with Crippen molar-refractivity contribution in [1.82, 2.24) is 19.9 Å². The molecule has 0 unspecified atom stereocenters. The number of H-pyrrole nitrogens is 1. The first-order valence-electron chi connectivity index (χ1n) is 8.96. The fourth-order valence-corrected chi connectivity index (χ4v) is 3.32. The minimum atomic E-state index is -0.860. The van der Waals surface area contributed by atoms with Crippen molar-refractivity contribution >= 4 is 22.9 Å². The monoisotopic (exact) mass is 366 g/mol. The Hall–Kier alpha value is -3.13. The molecule has 0 bridgehead atoms. The maximum atomic E-state index is 11.1. The summed E-state index contributed by atoms with van der Waals surface area (Å²) in [5.41, 5.74) is 7.32. The second kappa shape index (κ2) is 7.24. The number of fused-ring (bicyclic) bond motifs is 1. The quantitative estimate of drug-likeness (QED) is 0.737. The number of imidazole rings is 1. The Morgan fingerprint density at radius 2 is 2.07 bits per heavy atom. The number of rotatable bonds is 3. The summed E-state index contributed by atoms with van der Waals surface area (Å²) in [6.45, 7) is 4.13. The standard InChI is InChI=1S/C19H22N6O2/c1-24-8-3-9-25(11-10-24)16-7-6-13(12-21-16)18-22-14-4-2-5-15(17(14)23-18)27-19(20)26/h2,4-7,12H,3,8-11H2,1H3,(H2,20,26)(H,22,23). The first kappa shape index (κ1) is 17.3. The molecule has 2 aromatic heterocycles. The van der Waals surface area contributed by atoms with E-state index in [0.29, 0.717) is 17.1 Å². The lowest BCUT2D eigenvalue weighted by Crippen LogP contribution is -2.29. The average molecular weight is 366 g/mol. The summed E-state index contributed by atoms with van der Waals surface area (Å²) in [7, 11) is 2.15. The highest BCUT2D eigenvalue weighted by molar-refractivity contribution is 5.87. The highest BCUT2D eigenvalue weighted by Gasteiger charge is 2.15. The van der Waals surface area contributed by atoms with Gasteiger partial charge in [0.15, 0.2) is 5.75 Å². The van der Waals surface area contributed by atoms with Crippen LogP contribution < -0.4 is 15.4 Å². The van der Waals surface area contributed by atoms with Crippen molar-refractivity contribution in [1.29, 1.82) is 0 Å². The average Bonchev–Trinajstić information content (AvgIpc) is 2.98. The van der Waals surface area contributed by atoms with Gasteiger partial charge in [-0.05, 0) is 44.3 Å². The van der Waals surface area contributed by atoms with Crippen molar-refractivity contribution in [2.45, 2.75) is 6.42 Å². The van der Waals surface area contributed by atoms with Crippen LogP contribution in [0.1, 0.15) is 6.42 Å². The van der Waals surface area contributed by atoms with Crippen LogP contribution in [0.3, 0.4) is 0 Å². The maximum absolute atomic E-state index is 11.1. The largest absolute Gasteiger partial charge is 0.410 e. The second-order valence-electron chi connectivity index (χ2n) is 6.71. The van der Waals surface area contributed by atoms with Gasteiger partial charge in [-0.25, -0.2) is 14.8 Å². The summed E-state index contributed by atoms with van der Waals surface area (Å²) in [4.78, 5) is 28.1. The van der Waals surface area contributed by atoms with Gasteiger partial charge >= 0.3 is 6.09 Å². The topological polar surface area (TPSA) is 100 Å². The summed E-state index contributed by atoms with van der Waals surface area (Å²) in [5.74, 6) is 1.98. The van der Waals surface area contributed by atoms with Gasteiger partial charge in [-0.1, -0.05) is 6.07 Å². The molecule has 8 heteroatoms. The van der Waals surface area contributed by atoms with Crippen molar-refractivity contribution in [2.75, 3.05) is 38.1 Å². The van der Waals surface area contributed by atoms with Gasteiger partial charge in [0.05, 0.1) is 5.52 Å². The Bertz CT molecular complexity index is 952. The van der Waals surface area contributed by atoms with Crippen LogP contribution in [-0.4, -0.2) is 59.2 Å². The van der Waals surface area contributed by atoms with Crippen molar-refractivity contribution in [2.24, 2.45) is 5.73 Å². The smallest absolute Gasteiger partial charge is 0.408 e. The fourth-order valence-electron chi connectivity index (χ4n) is 3.32. The Morgan fingerprint density at radius 1 is 1.19 bits per heavy atom. The molecule has 3 N–H and O–H groups in total. The van der Waals surface area contributed by atoms with E-state index in [2.05, 4.69) is 31.8 Å². The molecular formula is C19H22N6O2. The van der Waals surface area contributed by atoms with Gasteiger partial charge in [0, 0.05) is 31.4 Å². The van der Waals surface area contributed by atoms with Crippen molar-refractivity contribution < 1.29 is 9.53 Å². The SMILES string of the molecule is CN1CCCN(c2ccc(-c3nc4c(OC(N)=O)cccc4[nH]3)cn2)CC1. The number of carbonyl (C=O) groups is 1. The van der Waals surface area contributed by atoms with Crippen LogP contribution in [0, 0.1) is 0 Å². The Kier molecular flexibility index (Phi) is 4.64. The number of para-hydroxylation sites is 1. The number of aromatic amines is 1. The molecule has 1 aliphatic heterocycles. The van der Waals surface area contributed by atoms with E-state index in [1.54, 1.807) is 12.1 Å². The number of nitrogens with one attached hydrogen (secondary N) is 1. The Balaban J connectivity index is 1.59. The van der Waals surface area contributed by atoms with Crippen LogP contribution in [0.2, 0.25) is 0 Å². The summed E-state index contributed by atoms with van der Waals surface area (Å²) in [5, 5.41) is 0. The van der Waals surface area contributed by atoms with Crippen LogP contribution in [0.15, 0.2) is 36.5 Å². The van der Waals surface area contributed by atoms with E-state index in [-0.39, 0.29) is 0 Å². The Morgan fingerprint density at radius 3 is 2.85 bits per heavy atom. The number of nitrogens with zero attached hydrogens (tertiary/aromatic N) is 4. The molecule has 0 aliphatic carbocycles. The van der Waals surface area contributed by atoms with Gasteiger partial charge in [-0.15, -0.1) is 0 Å². The predicted molar refractivity (Wildman–Crippen MR) is 104 cm³/mol. The van der Waals surface area contributed by atoms with E-state index in [1.807, 2.05) is 24.4 Å². The van der Waals surface area contributed by atoms with Gasteiger partial charge in [0.1, 0.15) is 17.2 Å². The van der Waals surface area contributed by atoms with E-state index in [9.17, 15) is 4.79 Å². The first-order chi connectivity index (χ1) is 13.1. The third-order valence-electron chi connectivity index (χ3n) is 4.75. The summed E-state index contributed by atoms with van der Waals surface area (Å²) < 4.78 is 5.03. The van der Waals surface area contributed by atoms with Crippen LogP contribution in [0.5, 0.6) is 5.75 Å². The van der Waals surface area contributed by atoms with Crippen molar-refractivity contribution in [3.05, 3.63) is 36.5 Å². The van der Waals surface area contributed by atoms with E-state index in [4.69, 9.17) is 10.5 Å². The van der Waals surface area contributed by atoms with E-state index in [0.717, 1.165) is 49.5 Å². The van der Waals surface area contributed by atoms with Crippen LogP contribution in [0.4, 0.5) is 10.6 Å². The number of aromatic nitrogens is 3. The van der Waals surface area contributed by atoms with Gasteiger partial charge in [0.25, 0.3) is 0 Å². The molecule has 3 aromatic rings. The molecule has 27 heavy (non-hydrogen) atoms. The van der Waals surface area contributed by atoms with E-state index >= 15 is 0 Å². The molecule has 3 heterocycles. The number of pyridine rings is 1. The Labute approximate surface area is 157 Å². The molecule has 8 nitrogen and oxygen atoms in total. The fraction of sp³-hybridized carbons (Fsp3) is 0.316. The molecule has 0 saturated carbocycles. The van der Waals surface area contributed by atoms with Crippen LogP contribution in [-0.2, 0) is 0 Å². The number of hydrogen-bond donors (Lipinski definition) is 2. The molecule has 1 aromatic carbocycles. The molecule has 0 atom stereocenters. The number of anilines is 1. The van der Waals surface area contributed by atoms with Crippen LogP contribution in [0.25, 0.3) is 22.4 Å². The molecular weight excluding hydrogens is 344 g/mol. The molecule has 4 rings (SSSR count). The zero-order valence-corrected chi connectivity index (χ0v) is 15.2. The lowest BCUT2D eigenvalue weighted by molar-refractivity contribution is 0.211. The number of likely N-dealkylation sites (N-methyl/N-ethyl adjacent to an activating group) is 1. The highest BCUT2D eigenvalue weighted by atomic mass is 16.5. The first-order valence-corrected chi connectivity index (χ1v) is 8.96. The molecule has 1 fully saturated rings. The van der Waals surface area contributed by atoms with Gasteiger partial charge in [-0.2, -0.15) is 0 Å². The molecule has 140 valence electrons. The molecule has 1 aliphatic rings. The number of amides is 1. The highest BCUT2D eigenvalue weighted by Crippen LogP contribution is 2.27. The second-order valence-corrected chi connectivity index (χ2v) is 6.71. The zero-order chi connectivity index (χ0) is 18.8. The van der Waals surface area contributed by atoms with Gasteiger partial charge in [0.2, 0.25) is 0 Å². The van der Waals surface area contributed by atoms with E-state index in [1.165, 1.54) is 0 Å². The van der Waals surface area contributed by atoms with E-state index < -0.39 is 6.09 Å². The molecule has 1 amide bonds.